The third kappa shape index (κ3) is 14.9. The van der Waals surface area contributed by atoms with Crippen molar-refractivity contribution in [3.8, 4) is 11.1 Å². The molecule has 3 radical (unpaired) electrons. The molecule has 2 aliphatic rings. The van der Waals surface area contributed by atoms with E-state index in [-0.39, 0.29) is 33.8 Å². The maximum atomic E-state index is 3.55. The van der Waals surface area contributed by atoms with Gasteiger partial charge in [0, 0.05) is 72.2 Å². The largest absolute Gasteiger partial charge is 0.356 e. The molecule has 106 heavy (non-hydrogen) atoms. The van der Waals surface area contributed by atoms with Crippen molar-refractivity contribution < 1.29 is 0 Å². The van der Waals surface area contributed by atoms with E-state index in [2.05, 4.69) is 444 Å². The van der Waals surface area contributed by atoms with E-state index in [1.54, 1.807) is 0 Å². The predicted molar refractivity (Wildman–Crippen MR) is 476 cm³/mol. The molecule has 15 aromatic carbocycles. The van der Waals surface area contributed by atoms with Gasteiger partial charge in [-0.05, 0) is 165 Å². The van der Waals surface area contributed by atoms with Crippen LogP contribution in [0, 0.1) is 0 Å². The van der Waals surface area contributed by atoms with Crippen molar-refractivity contribution in [2.45, 2.75) is 20.6 Å². The van der Waals surface area contributed by atoms with Gasteiger partial charge in [0.05, 0.1) is 0 Å². The second kappa shape index (κ2) is 33.7. The summed E-state index contributed by atoms with van der Waals surface area (Å²) in [6, 6.07) is 148. The lowest BCUT2D eigenvalue weighted by Crippen LogP contribution is -2.74. The van der Waals surface area contributed by atoms with Gasteiger partial charge in [0.2, 0.25) is 0 Å². The number of benzene rings is 15. The van der Waals surface area contributed by atoms with Gasteiger partial charge in [-0.15, -0.1) is 21.8 Å². The monoisotopic (exact) mass is 1500 g/mol. The minimum absolute atomic E-state index is 0. The molecule has 0 spiro atoms. The second-order valence-electron chi connectivity index (χ2n) is 25.9. The molecule has 1 aromatic heterocycles. The van der Waals surface area contributed by atoms with E-state index in [9.17, 15) is 0 Å². The molecule has 0 amide bonds. The van der Waals surface area contributed by atoms with E-state index in [1.807, 2.05) is 17.4 Å². The van der Waals surface area contributed by atoms with Crippen molar-refractivity contribution in [3.63, 3.8) is 0 Å². The molecule has 1 N–H and O–H groups in total. The minimum Gasteiger partial charge on any atom is -0.356 e. The van der Waals surface area contributed by atoms with Gasteiger partial charge in [-0.1, -0.05) is 364 Å². The van der Waals surface area contributed by atoms with Crippen LogP contribution in [0.5, 0.6) is 0 Å². The Morgan fingerprint density at radius 2 is 0.689 bits per heavy atom. The van der Waals surface area contributed by atoms with E-state index >= 15 is 0 Å². The SMILES string of the molecule is Brc1ccc2c(c1)sc1cc(-c3ccccc3)ccc12.C.C.C1=C(c2ccccc2)C=S2Cc3cc(N(c4ccccc4)c4ccc([Si](c5ccccc5)(c5ccccc5)c5ccccc5)cc4)ccc3C2=C1.[B].c1ccc(Nc2ccc([Si](c3ccccc3)(c3ccccc3)c3ccccc3)cc2)cc1. The lowest BCUT2D eigenvalue weighted by Gasteiger charge is -2.35. The summed E-state index contributed by atoms with van der Waals surface area (Å²) in [5.41, 5.74) is 13.6. The molecule has 0 saturated carbocycles. The molecule has 2 aliphatic heterocycles. The molecule has 16 aromatic rings. The highest BCUT2D eigenvalue weighted by Gasteiger charge is 2.43. The first-order valence-corrected chi connectivity index (χ1v) is 42.1. The molecule has 1 atom stereocenters. The molecule has 8 heteroatoms. The Kier molecular flexibility index (Phi) is 23.3. The highest BCUT2D eigenvalue weighted by Crippen LogP contribution is 2.50. The quantitative estimate of drug-likeness (QED) is 0.0625. The number of thiophene rings is 1. The zero-order valence-electron chi connectivity index (χ0n) is 57.3. The Bertz CT molecular complexity index is 5450. The van der Waals surface area contributed by atoms with Crippen LogP contribution in [-0.4, -0.2) is 29.9 Å². The normalized spacial score (nSPS) is 12.6. The van der Waals surface area contributed by atoms with E-state index < -0.39 is 16.1 Å². The van der Waals surface area contributed by atoms with E-state index in [0.29, 0.717) is 0 Å². The van der Waals surface area contributed by atoms with Crippen molar-refractivity contribution in [2.75, 3.05) is 10.2 Å². The number of rotatable bonds is 15. The molecule has 0 fully saturated rings. The molecule has 0 saturated heterocycles. The maximum absolute atomic E-state index is 3.55. The Labute approximate surface area is 644 Å². The number of hydrogen-bond acceptors (Lipinski definition) is 3. The van der Waals surface area contributed by atoms with Crippen molar-refractivity contribution in [1.29, 1.82) is 0 Å². The van der Waals surface area contributed by atoms with Crippen LogP contribution < -0.4 is 51.7 Å². The highest BCUT2D eigenvalue weighted by atomic mass is 79.9. The molecule has 513 valence electrons. The van der Waals surface area contributed by atoms with Crippen LogP contribution in [0.1, 0.15) is 31.5 Å². The van der Waals surface area contributed by atoms with Gasteiger partial charge in [0.15, 0.2) is 16.1 Å². The topological polar surface area (TPSA) is 15.3 Å². The van der Waals surface area contributed by atoms with Crippen LogP contribution in [0.25, 0.3) is 41.8 Å². The zero-order valence-corrected chi connectivity index (χ0v) is 62.6. The Hall–Kier alpha value is -11.2. The van der Waals surface area contributed by atoms with Gasteiger partial charge in [-0.2, -0.15) is 0 Å². The number of anilines is 5. The van der Waals surface area contributed by atoms with Gasteiger partial charge >= 0.3 is 0 Å². The molecular formula is C98H81BBrN2S2Si2. The van der Waals surface area contributed by atoms with Crippen LogP contribution in [0.3, 0.4) is 0 Å². The van der Waals surface area contributed by atoms with Gasteiger partial charge in [-0.3, -0.25) is 0 Å². The molecular weight excluding hydrogens is 1420 g/mol. The van der Waals surface area contributed by atoms with Crippen molar-refractivity contribution in [3.05, 3.63) is 440 Å². The van der Waals surface area contributed by atoms with E-state index in [0.717, 1.165) is 33.0 Å². The number of fused-ring (bicyclic) bond motifs is 6. The van der Waals surface area contributed by atoms with Crippen LogP contribution in [-0.2, 0) is 5.75 Å². The molecule has 0 bridgehead atoms. The fourth-order valence-electron chi connectivity index (χ4n) is 15.0. The lowest BCUT2D eigenvalue weighted by molar-refractivity contribution is 1.27. The minimum atomic E-state index is -2.61. The Balaban J connectivity index is 0.000000154. The summed E-state index contributed by atoms with van der Waals surface area (Å²) in [6.45, 7) is 0. The average Bonchev–Trinajstić information content (AvgIpc) is 1.09. The predicted octanol–water partition coefficient (Wildman–Crippen LogP) is 21.7. The number of halogens is 1. The van der Waals surface area contributed by atoms with Crippen LogP contribution in [0.4, 0.5) is 28.4 Å². The zero-order chi connectivity index (χ0) is 69.2. The first kappa shape index (κ1) is 73.1. The third-order valence-corrected chi connectivity index (χ3v) is 33.0. The summed E-state index contributed by atoms with van der Waals surface area (Å²) >= 11 is 5.40. The number of nitrogens with zero attached hydrogens (tertiary/aromatic N) is 1. The summed E-state index contributed by atoms with van der Waals surface area (Å²) in [5, 5.41) is 19.7. The number of hydrogen-bond donors (Lipinski definition) is 1. The van der Waals surface area contributed by atoms with E-state index in [1.165, 1.54) is 106 Å². The summed E-state index contributed by atoms with van der Waals surface area (Å²) < 4.78 is 3.82. The third-order valence-electron chi connectivity index (χ3n) is 19.7. The van der Waals surface area contributed by atoms with Crippen LogP contribution >= 0.6 is 37.8 Å². The summed E-state index contributed by atoms with van der Waals surface area (Å²) in [7, 11) is -4.99. The fraction of sp³-hybridized carbons (Fsp3) is 0.0306. The van der Waals surface area contributed by atoms with Crippen molar-refractivity contribution in [2.24, 2.45) is 0 Å². The van der Waals surface area contributed by atoms with Gasteiger partial charge in [0.1, 0.15) is 0 Å². The van der Waals surface area contributed by atoms with Crippen LogP contribution in [0.15, 0.2) is 423 Å². The summed E-state index contributed by atoms with van der Waals surface area (Å²) in [5.74, 6) is 1.04. The Morgan fingerprint density at radius 3 is 1.16 bits per heavy atom. The first-order valence-electron chi connectivity index (χ1n) is 35.0. The second-order valence-corrected chi connectivity index (χ2v) is 37.3. The summed E-state index contributed by atoms with van der Waals surface area (Å²) in [6.07, 6.45) is 4.64. The molecule has 1 unspecified atom stereocenters. The average molecular weight is 1500 g/mol. The molecule has 2 nitrogen and oxygen atoms in total. The highest BCUT2D eigenvalue weighted by molar-refractivity contribution is 9.10. The van der Waals surface area contributed by atoms with Crippen LogP contribution in [0.2, 0.25) is 0 Å². The van der Waals surface area contributed by atoms with Crippen molar-refractivity contribution >= 4 is 168 Å². The Morgan fingerprint density at radius 1 is 0.321 bits per heavy atom. The smallest absolute Gasteiger partial charge is 0.179 e. The number of nitrogens with one attached hydrogen (secondary N) is 1. The van der Waals surface area contributed by atoms with Crippen molar-refractivity contribution in [1.82, 2.24) is 0 Å². The number of para-hydroxylation sites is 2. The molecule has 18 rings (SSSR count). The number of allylic oxidation sites excluding steroid dienone is 3. The fourth-order valence-corrected chi connectivity index (χ4v) is 28.3. The lowest BCUT2D eigenvalue weighted by atomic mass is 10.0. The summed E-state index contributed by atoms with van der Waals surface area (Å²) in [4.78, 5) is 3.87. The standard InChI is InChI=1S/C48H37NSSi.C30H25NSi.C18H11BrS.2CH4.B/c1-6-16-37(17-7-1)38-26-33-48-47-32-29-42(34-39(47)36-50(48)35-38)49(40-18-8-2-9-19-40)41-27-30-46(31-28-41)51(43-20-10-3-11-21-43,44-22-12-4-13-23-44)45-24-14-5-15-25-45;1-5-13-25(14-6-1)31-26-21-23-30(24-22-26)32(27-15-7-2-8-16-27,28-17-9-3-10-18-28)29-19-11-4-12-20-29;19-14-7-9-16-15-8-6-13(12-4-2-1-3-5-12)10-17(15)20-18(16)11-14;;;/h1-35H,36H2;1-24,31H;1-11H;2*1H4;. The maximum Gasteiger partial charge on any atom is 0.179 e. The van der Waals surface area contributed by atoms with Gasteiger partial charge in [0.25, 0.3) is 0 Å². The van der Waals surface area contributed by atoms with Gasteiger partial charge in [-0.25, -0.2) is 0 Å². The van der Waals surface area contributed by atoms with Gasteiger partial charge < -0.3 is 10.2 Å². The molecule has 0 aliphatic carbocycles. The van der Waals surface area contributed by atoms with E-state index in [4.69, 9.17) is 0 Å². The first-order chi connectivity index (χ1) is 51.0. The molecule has 3 heterocycles.